The zero-order valence-electron chi connectivity index (χ0n) is 16.6. The Bertz CT molecular complexity index is 1210. The molecule has 1 amide bonds. The smallest absolute Gasteiger partial charge is 0.261 e. The van der Waals surface area contributed by atoms with E-state index in [4.69, 9.17) is 5.26 Å². The average Bonchev–Trinajstić information content (AvgIpc) is 2.74. The SMILES string of the molecule is Cc1c(NC(=O)Cc2ccc(C#N)cc2)ccc(NS(=O)(=O)c2ccccc2)c1C. The van der Waals surface area contributed by atoms with E-state index in [-0.39, 0.29) is 17.2 Å². The highest BCUT2D eigenvalue weighted by atomic mass is 32.2. The van der Waals surface area contributed by atoms with Gasteiger partial charge in [-0.25, -0.2) is 8.42 Å². The number of nitrogens with zero attached hydrogens (tertiary/aromatic N) is 1. The molecule has 0 saturated carbocycles. The Morgan fingerprint density at radius 2 is 1.50 bits per heavy atom. The molecule has 0 spiro atoms. The van der Waals surface area contributed by atoms with Gasteiger partial charge in [0.25, 0.3) is 10.0 Å². The van der Waals surface area contributed by atoms with Crippen LogP contribution in [-0.4, -0.2) is 14.3 Å². The van der Waals surface area contributed by atoms with Crippen molar-refractivity contribution in [2.45, 2.75) is 25.2 Å². The van der Waals surface area contributed by atoms with Gasteiger partial charge in [-0.05, 0) is 66.9 Å². The Morgan fingerprint density at radius 1 is 0.900 bits per heavy atom. The lowest BCUT2D eigenvalue weighted by Gasteiger charge is -2.16. The Labute approximate surface area is 176 Å². The largest absolute Gasteiger partial charge is 0.326 e. The number of nitrogens with one attached hydrogen (secondary N) is 2. The van der Waals surface area contributed by atoms with Crippen molar-refractivity contribution in [2.24, 2.45) is 0 Å². The molecular formula is C23H21N3O3S. The Kier molecular flexibility index (Phi) is 6.19. The molecular weight excluding hydrogens is 398 g/mol. The first-order chi connectivity index (χ1) is 14.3. The molecule has 30 heavy (non-hydrogen) atoms. The normalized spacial score (nSPS) is 10.8. The lowest BCUT2D eigenvalue weighted by atomic mass is 10.1. The number of rotatable bonds is 6. The van der Waals surface area contributed by atoms with Gasteiger partial charge in [-0.2, -0.15) is 5.26 Å². The second-order valence-corrected chi connectivity index (χ2v) is 8.55. The summed E-state index contributed by atoms with van der Waals surface area (Å²) in [6.45, 7) is 3.63. The molecule has 2 N–H and O–H groups in total. The van der Waals surface area contributed by atoms with Crippen LogP contribution in [0.15, 0.2) is 71.6 Å². The lowest BCUT2D eigenvalue weighted by molar-refractivity contribution is -0.115. The van der Waals surface area contributed by atoms with Crippen LogP contribution >= 0.6 is 0 Å². The van der Waals surface area contributed by atoms with E-state index in [0.717, 1.165) is 16.7 Å². The van der Waals surface area contributed by atoms with Crippen molar-refractivity contribution in [3.05, 3.63) is 89.0 Å². The molecule has 0 radical (unpaired) electrons. The molecule has 0 atom stereocenters. The number of nitriles is 1. The highest BCUT2D eigenvalue weighted by Gasteiger charge is 2.17. The third kappa shape index (κ3) is 4.85. The maximum atomic E-state index is 12.6. The number of carbonyl (C=O) groups is 1. The van der Waals surface area contributed by atoms with Gasteiger partial charge >= 0.3 is 0 Å². The molecule has 3 rings (SSSR count). The van der Waals surface area contributed by atoms with Crippen molar-refractivity contribution in [1.29, 1.82) is 5.26 Å². The summed E-state index contributed by atoms with van der Waals surface area (Å²) in [6, 6.07) is 20.4. The van der Waals surface area contributed by atoms with Crippen molar-refractivity contribution >= 4 is 27.3 Å². The second-order valence-electron chi connectivity index (χ2n) is 6.86. The highest BCUT2D eigenvalue weighted by molar-refractivity contribution is 7.92. The van der Waals surface area contributed by atoms with Gasteiger partial charge in [0.15, 0.2) is 0 Å². The first kappa shape index (κ1) is 21.1. The number of hydrogen-bond acceptors (Lipinski definition) is 4. The average molecular weight is 420 g/mol. The van der Waals surface area contributed by atoms with Crippen LogP contribution < -0.4 is 10.0 Å². The molecule has 0 aliphatic rings. The van der Waals surface area contributed by atoms with Gasteiger partial charge in [-0.1, -0.05) is 30.3 Å². The second kappa shape index (κ2) is 8.80. The van der Waals surface area contributed by atoms with Gasteiger partial charge in [0, 0.05) is 5.69 Å². The van der Waals surface area contributed by atoms with E-state index in [1.165, 1.54) is 12.1 Å². The molecule has 3 aromatic carbocycles. The number of anilines is 2. The summed E-state index contributed by atoms with van der Waals surface area (Å²) in [4.78, 5) is 12.6. The van der Waals surface area contributed by atoms with Crippen molar-refractivity contribution < 1.29 is 13.2 Å². The highest BCUT2D eigenvalue weighted by Crippen LogP contribution is 2.28. The quantitative estimate of drug-likeness (QED) is 0.627. The van der Waals surface area contributed by atoms with Gasteiger partial charge in [0.2, 0.25) is 5.91 Å². The maximum Gasteiger partial charge on any atom is 0.261 e. The molecule has 0 aliphatic carbocycles. The van der Waals surface area contributed by atoms with E-state index in [0.29, 0.717) is 16.9 Å². The minimum atomic E-state index is -3.70. The molecule has 152 valence electrons. The zero-order chi connectivity index (χ0) is 21.7. The van der Waals surface area contributed by atoms with Crippen molar-refractivity contribution in [3.8, 4) is 6.07 Å². The van der Waals surface area contributed by atoms with Crippen LogP contribution in [0.1, 0.15) is 22.3 Å². The third-order valence-corrected chi connectivity index (χ3v) is 6.19. The van der Waals surface area contributed by atoms with E-state index >= 15 is 0 Å². The molecule has 6 nitrogen and oxygen atoms in total. The maximum absolute atomic E-state index is 12.6. The third-order valence-electron chi connectivity index (χ3n) is 4.81. The minimum absolute atomic E-state index is 0.173. The number of carbonyl (C=O) groups excluding carboxylic acids is 1. The van der Waals surface area contributed by atoms with Crippen LogP contribution in [0.25, 0.3) is 0 Å². The number of hydrogen-bond donors (Lipinski definition) is 2. The van der Waals surface area contributed by atoms with Gasteiger partial charge in [-0.15, -0.1) is 0 Å². The van der Waals surface area contributed by atoms with Gasteiger partial charge in [-0.3, -0.25) is 9.52 Å². The summed E-state index contributed by atoms with van der Waals surface area (Å²) in [5.41, 5.74) is 3.92. The molecule has 3 aromatic rings. The Morgan fingerprint density at radius 3 is 2.13 bits per heavy atom. The lowest BCUT2D eigenvalue weighted by Crippen LogP contribution is -2.17. The van der Waals surface area contributed by atoms with Crippen LogP contribution in [0.5, 0.6) is 0 Å². The molecule has 0 saturated heterocycles. The Balaban J connectivity index is 1.74. The predicted octanol–water partition coefficient (Wildman–Crippen LogP) is 4.16. The summed E-state index contributed by atoms with van der Waals surface area (Å²) in [5.74, 6) is -0.195. The molecule has 0 unspecified atom stereocenters. The monoisotopic (exact) mass is 419 g/mol. The summed E-state index contributed by atoms with van der Waals surface area (Å²) in [7, 11) is -3.70. The minimum Gasteiger partial charge on any atom is -0.326 e. The summed E-state index contributed by atoms with van der Waals surface area (Å²) < 4.78 is 27.8. The van der Waals surface area contributed by atoms with Crippen LogP contribution in [0.4, 0.5) is 11.4 Å². The standard InChI is InChI=1S/C23H21N3O3S/c1-16-17(2)22(26-30(28,29)20-6-4-3-5-7-20)13-12-21(16)25-23(27)14-18-8-10-19(15-24)11-9-18/h3-13,26H,14H2,1-2H3,(H,25,27). The molecule has 7 heteroatoms. The summed E-state index contributed by atoms with van der Waals surface area (Å²) in [5, 5.41) is 11.7. The summed E-state index contributed by atoms with van der Waals surface area (Å²) in [6.07, 6.45) is 0.173. The van der Waals surface area contributed by atoms with Crippen molar-refractivity contribution in [3.63, 3.8) is 0 Å². The fourth-order valence-corrected chi connectivity index (χ4v) is 4.09. The fraction of sp³-hybridized carbons (Fsp3) is 0.130. The van der Waals surface area contributed by atoms with Crippen LogP contribution in [0.2, 0.25) is 0 Å². The molecule has 0 bridgehead atoms. The van der Waals surface area contributed by atoms with Crippen LogP contribution in [0.3, 0.4) is 0 Å². The Hall–Kier alpha value is -3.63. The molecule has 0 fully saturated rings. The van der Waals surface area contributed by atoms with E-state index in [1.54, 1.807) is 61.5 Å². The summed E-state index contributed by atoms with van der Waals surface area (Å²) >= 11 is 0. The van der Waals surface area contributed by atoms with E-state index in [1.807, 2.05) is 13.0 Å². The van der Waals surface area contributed by atoms with Crippen molar-refractivity contribution in [2.75, 3.05) is 10.0 Å². The molecule has 0 aliphatic heterocycles. The van der Waals surface area contributed by atoms with E-state index < -0.39 is 10.0 Å². The first-order valence-electron chi connectivity index (χ1n) is 9.27. The van der Waals surface area contributed by atoms with Crippen molar-refractivity contribution in [1.82, 2.24) is 0 Å². The topological polar surface area (TPSA) is 99.1 Å². The number of sulfonamides is 1. The van der Waals surface area contributed by atoms with E-state index in [9.17, 15) is 13.2 Å². The van der Waals surface area contributed by atoms with Gasteiger partial charge in [0.05, 0.1) is 28.6 Å². The number of benzene rings is 3. The first-order valence-corrected chi connectivity index (χ1v) is 10.8. The predicted molar refractivity (Wildman–Crippen MR) is 117 cm³/mol. The number of amides is 1. The zero-order valence-corrected chi connectivity index (χ0v) is 17.5. The van der Waals surface area contributed by atoms with Crippen LogP contribution in [0, 0.1) is 25.2 Å². The van der Waals surface area contributed by atoms with Gasteiger partial charge in [0.1, 0.15) is 0 Å². The molecule has 0 heterocycles. The molecule has 0 aromatic heterocycles. The van der Waals surface area contributed by atoms with E-state index in [2.05, 4.69) is 10.0 Å². The van der Waals surface area contributed by atoms with Crippen LogP contribution in [-0.2, 0) is 21.2 Å². The fourth-order valence-electron chi connectivity index (χ4n) is 2.95. The van der Waals surface area contributed by atoms with Gasteiger partial charge < -0.3 is 5.32 Å².